The van der Waals surface area contributed by atoms with E-state index in [0.29, 0.717) is 6.54 Å². The first-order chi connectivity index (χ1) is 9.06. The van der Waals surface area contributed by atoms with Crippen molar-refractivity contribution in [2.24, 2.45) is 0 Å². The molecule has 0 amide bonds. The van der Waals surface area contributed by atoms with Crippen LogP contribution in [0.25, 0.3) is 0 Å². The first-order valence-corrected chi connectivity index (χ1v) is 6.93. The van der Waals surface area contributed by atoms with E-state index in [1.807, 2.05) is 6.92 Å². The molecule has 0 saturated carbocycles. The summed E-state index contributed by atoms with van der Waals surface area (Å²) in [5, 5.41) is 4.33. The van der Waals surface area contributed by atoms with Crippen LogP contribution in [0, 0.1) is 5.82 Å². The van der Waals surface area contributed by atoms with Gasteiger partial charge in [-0.15, -0.1) is 0 Å². The molecule has 2 aromatic rings. The predicted molar refractivity (Wildman–Crippen MR) is 75.1 cm³/mol. The van der Waals surface area contributed by atoms with Crippen LogP contribution < -0.4 is 0 Å². The van der Waals surface area contributed by atoms with Crippen molar-refractivity contribution in [3.8, 4) is 0 Å². The fraction of sp³-hybridized carbons (Fsp3) is 0.231. The van der Waals surface area contributed by atoms with Crippen molar-refractivity contribution in [3.05, 3.63) is 51.0 Å². The van der Waals surface area contributed by atoms with Crippen molar-refractivity contribution in [2.45, 2.75) is 19.9 Å². The Hall–Kier alpha value is -1.20. The van der Waals surface area contributed by atoms with Gasteiger partial charge < -0.3 is 0 Å². The second-order valence-electron chi connectivity index (χ2n) is 3.99. The van der Waals surface area contributed by atoms with Crippen molar-refractivity contribution in [1.82, 2.24) is 9.78 Å². The molecular formula is C13H11BrClFN2O. The molecule has 0 radical (unpaired) electrons. The van der Waals surface area contributed by atoms with Crippen molar-refractivity contribution in [1.29, 1.82) is 0 Å². The number of aryl methyl sites for hydroxylation is 1. The molecular weight excluding hydrogens is 335 g/mol. The number of carbonyl (C=O) groups is 1. The molecule has 0 aliphatic heterocycles. The third kappa shape index (κ3) is 2.72. The molecule has 0 spiro atoms. The maximum Gasteiger partial charge on any atom is 0.213 e. The summed E-state index contributed by atoms with van der Waals surface area (Å²) in [5.74, 6) is -0.828. The fourth-order valence-corrected chi connectivity index (χ4v) is 2.45. The molecule has 1 aromatic heterocycles. The van der Waals surface area contributed by atoms with Crippen LogP contribution in [0.3, 0.4) is 0 Å². The van der Waals surface area contributed by atoms with Gasteiger partial charge in [0.2, 0.25) is 5.78 Å². The van der Waals surface area contributed by atoms with Crippen molar-refractivity contribution < 1.29 is 9.18 Å². The number of ketones is 1. The third-order valence-corrected chi connectivity index (χ3v) is 3.72. The van der Waals surface area contributed by atoms with Gasteiger partial charge in [0.25, 0.3) is 0 Å². The highest BCUT2D eigenvalue weighted by molar-refractivity contribution is 9.10. The van der Waals surface area contributed by atoms with Gasteiger partial charge in [0.15, 0.2) is 0 Å². The molecule has 6 heteroatoms. The number of benzene rings is 1. The van der Waals surface area contributed by atoms with Crippen molar-refractivity contribution >= 4 is 33.3 Å². The lowest BCUT2D eigenvalue weighted by atomic mass is 10.1. The SMILES string of the molecule is CCCn1ncc(Cl)c1C(=O)c1cccc(F)c1Br. The average Bonchev–Trinajstić information content (AvgIpc) is 2.74. The van der Waals surface area contributed by atoms with Gasteiger partial charge in [-0.3, -0.25) is 9.48 Å². The molecule has 0 fully saturated rings. The van der Waals surface area contributed by atoms with Gasteiger partial charge in [0.05, 0.1) is 15.7 Å². The Labute approximate surface area is 123 Å². The Morgan fingerprint density at radius 3 is 2.95 bits per heavy atom. The Morgan fingerprint density at radius 2 is 2.26 bits per heavy atom. The lowest BCUT2D eigenvalue weighted by Crippen LogP contribution is -2.13. The topological polar surface area (TPSA) is 34.9 Å². The molecule has 2 rings (SSSR count). The Bertz CT molecular complexity index is 627. The van der Waals surface area contributed by atoms with Gasteiger partial charge in [-0.25, -0.2) is 4.39 Å². The second kappa shape index (κ2) is 5.84. The van der Waals surface area contributed by atoms with Crippen LogP contribution in [0.15, 0.2) is 28.9 Å². The van der Waals surface area contributed by atoms with Crippen LogP contribution in [0.1, 0.15) is 29.4 Å². The first-order valence-electron chi connectivity index (χ1n) is 5.76. The van der Waals surface area contributed by atoms with Gasteiger partial charge in [-0.05, 0) is 34.5 Å². The summed E-state index contributed by atoms with van der Waals surface area (Å²) in [7, 11) is 0. The van der Waals surface area contributed by atoms with Crippen LogP contribution in [-0.2, 0) is 6.54 Å². The Morgan fingerprint density at radius 1 is 1.53 bits per heavy atom. The van der Waals surface area contributed by atoms with Crippen LogP contribution in [0.4, 0.5) is 4.39 Å². The second-order valence-corrected chi connectivity index (χ2v) is 5.19. The molecule has 1 aromatic carbocycles. The molecule has 0 unspecified atom stereocenters. The highest BCUT2D eigenvalue weighted by Crippen LogP contribution is 2.26. The number of aromatic nitrogens is 2. The van der Waals surface area contributed by atoms with Crippen molar-refractivity contribution in [3.63, 3.8) is 0 Å². The monoisotopic (exact) mass is 344 g/mol. The number of nitrogens with zero attached hydrogens (tertiary/aromatic N) is 2. The van der Waals surface area contributed by atoms with Gasteiger partial charge >= 0.3 is 0 Å². The number of halogens is 3. The Kier molecular flexibility index (Phi) is 4.37. The summed E-state index contributed by atoms with van der Waals surface area (Å²) >= 11 is 9.09. The molecule has 100 valence electrons. The maximum absolute atomic E-state index is 13.5. The van der Waals surface area contributed by atoms with Crippen LogP contribution >= 0.6 is 27.5 Å². The molecule has 0 aliphatic carbocycles. The largest absolute Gasteiger partial charge is 0.287 e. The molecule has 19 heavy (non-hydrogen) atoms. The maximum atomic E-state index is 13.5. The minimum absolute atomic E-state index is 0.139. The van der Waals surface area contributed by atoms with E-state index >= 15 is 0 Å². The first kappa shape index (κ1) is 14.2. The van der Waals surface area contributed by atoms with E-state index in [0.717, 1.165) is 6.42 Å². The van der Waals surface area contributed by atoms with Crippen LogP contribution in [0.5, 0.6) is 0 Å². The number of hydrogen-bond acceptors (Lipinski definition) is 2. The minimum atomic E-state index is -0.483. The van der Waals surface area contributed by atoms with Crippen LogP contribution in [-0.4, -0.2) is 15.6 Å². The smallest absolute Gasteiger partial charge is 0.213 e. The summed E-state index contributed by atoms with van der Waals surface area (Å²) in [6.07, 6.45) is 2.25. The van der Waals surface area contributed by atoms with E-state index < -0.39 is 5.82 Å². The normalized spacial score (nSPS) is 10.7. The number of rotatable bonds is 4. The summed E-state index contributed by atoms with van der Waals surface area (Å²) < 4.78 is 15.2. The fourth-order valence-electron chi connectivity index (χ4n) is 1.78. The highest BCUT2D eigenvalue weighted by Gasteiger charge is 2.22. The standard InChI is InChI=1S/C13H11BrClFN2O/c1-2-6-18-12(9(15)7-17-18)13(19)8-4-3-5-10(16)11(8)14/h3-5,7H,2,6H2,1H3. The summed E-state index contributed by atoms with van der Waals surface area (Å²) in [4.78, 5) is 12.5. The minimum Gasteiger partial charge on any atom is -0.287 e. The van der Waals surface area contributed by atoms with E-state index in [4.69, 9.17) is 11.6 Å². The molecule has 0 bridgehead atoms. The molecule has 0 N–H and O–H groups in total. The van der Waals surface area contributed by atoms with Crippen LogP contribution in [0.2, 0.25) is 5.02 Å². The van der Waals surface area contributed by atoms with Gasteiger partial charge in [-0.2, -0.15) is 5.10 Å². The third-order valence-electron chi connectivity index (χ3n) is 2.64. The van der Waals surface area contributed by atoms with E-state index in [1.165, 1.54) is 18.3 Å². The molecule has 1 heterocycles. The zero-order valence-corrected chi connectivity index (χ0v) is 12.5. The predicted octanol–water partition coefficient (Wildman–Crippen LogP) is 4.08. The summed E-state index contributed by atoms with van der Waals surface area (Å²) in [6.45, 7) is 2.56. The summed E-state index contributed by atoms with van der Waals surface area (Å²) in [6, 6.07) is 4.32. The lowest BCUT2D eigenvalue weighted by molar-refractivity contribution is 0.102. The van der Waals surface area contributed by atoms with Gasteiger partial charge in [-0.1, -0.05) is 24.6 Å². The molecule has 0 atom stereocenters. The lowest BCUT2D eigenvalue weighted by Gasteiger charge is -2.08. The molecule has 0 saturated heterocycles. The van der Waals surface area contributed by atoms with E-state index in [-0.39, 0.29) is 26.5 Å². The number of hydrogen-bond donors (Lipinski definition) is 0. The molecule has 3 nitrogen and oxygen atoms in total. The van der Waals surface area contributed by atoms with Gasteiger partial charge in [0.1, 0.15) is 11.5 Å². The van der Waals surface area contributed by atoms with E-state index in [2.05, 4.69) is 21.0 Å². The zero-order valence-electron chi connectivity index (χ0n) is 10.2. The van der Waals surface area contributed by atoms with Gasteiger partial charge in [0, 0.05) is 12.1 Å². The Balaban J connectivity index is 2.50. The molecule has 0 aliphatic rings. The summed E-state index contributed by atoms with van der Waals surface area (Å²) in [5.41, 5.74) is 0.523. The average molecular weight is 346 g/mol. The van der Waals surface area contributed by atoms with E-state index in [1.54, 1.807) is 10.7 Å². The quantitative estimate of drug-likeness (QED) is 0.783. The van der Waals surface area contributed by atoms with Crippen molar-refractivity contribution in [2.75, 3.05) is 0 Å². The highest BCUT2D eigenvalue weighted by atomic mass is 79.9. The number of carbonyl (C=O) groups excluding carboxylic acids is 1. The zero-order chi connectivity index (χ0) is 14.0. The van der Waals surface area contributed by atoms with E-state index in [9.17, 15) is 9.18 Å².